The molecular weight excluding hydrogens is 318 g/mol. The van der Waals surface area contributed by atoms with Crippen molar-refractivity contribution in [2.75, 3.05) is 18.5 Å². The Labute approximate surface area is 148 Å². The second-order valence-electron chi connectivity index (χ2n) is 5.79. The average molecular weight is 341 g/mol. The van der Waals surface area contributed by atoms with E-state index in [9.17, 15) is 9.59 Å². The molecular formula is C20H23NO4. The maximum atomic E-state index is 11.8. The lowest BCUT2D eigenvalue weighted by atomic mass is 10.1. The van der Waals surface area contributed by atoms with Gasteiger partial charge in [0.05, 0.1) is 0 Å². The number of anilines is 1. The van der Waals surface area contributed by atoms with E-state index in [0.29, 0.717) is 11.4 Å². The van der Waals surface area contributed by atoms with Crippen molar-refractivity contribution in [1.29, 1.82) is 0 Å². The molecule has 2 rings (SSSR count). The molecule has 0 spiro atoms. The first-order valence-corrected chi connectivity index (χ1v) is 8.22. The normalized spacial score (nSPS) is 10.2. The minimum absolute atomic E-state index is 0.235. The van der Waals surface area contributed by atoms with Gasteiger partial charge in [-0.3, -0.25) is 4.79 Å². The fourth-order valence-electron chi connectivity index (χ4n) is 2.15. The molecule has 0 unspecified atom stereocenters. The standard InChI is InChI=1S/C20H23NO4/c1-4-16-6-8-17(9-7-16)21-19(22)12-25-20(23)13-24-18-10-5-14(2)15(3)11-18/h5-11H,4,12-13H2,1-3H3,(H,21,22). The van der Waals surface area contributed by atoms with Crippen LogP contribution in [0.2, 0.25) is 0 Å². The van der Waals surface area contributed by atoms with Crippen LogP contribution in [0.5, 0.6) is 5.75 Å². The fraction of sp³-hybridized carbons (Fsp3) is 0.300. The highest BCUT2D eigenvalue weighted by Crippen LogP contribution is 2.16. The Bertz CT molecular complexity index is 738. The molecule has 132 valence electrons. The van der Waals surface area contributed by atoms with Crippen molar-refractivity contribution < 1.29 is 19.1 Å². The van der Waals surface area contributed by atoms with Gasteiger partial charge in [0.15, 0.2) is 13.2 Å². The van der Waals surface area contributed by atoms with E-state index in [1.165, 1.54) is 5.56 Å². The van der Waals surface area contributed by atoms with Crippen LogP contribution in [0.3, 0.4) is 0 Å². The summed E-state index contributed by atoms with van der Waals surface area (Å²) < 4.78 is 10.3. The molecule has 2 aromatic rings. The molecule has 0 aliphatic carbocycles. The first-order chi connectivity index (χ1) is 12.0. The van der Waals surface area contributed by atoms with Gasteiger partial charge in [-0.15, -0.1) is 0 Å². The van der Waals surface area contributed by atoms with Gasteiger partial charge in [-0.05, 0) is 61.2 Å². The number of aryl methyl sites for hydroxylation is 3. The highest BCUT2D eigenvalue weighted by Gasteiger charge is 2.09. The molecule has 1 N–H and O–H groups in total. The lowest BCUT2D eigenvalue weighted by Crippen LogP contribution is -2.23. The van der Waals surface area contributed by atoms with Crippen molar-refractivity contribution >= 4 is 17.6 Å². The van der Waals surface area contributed by atoms with E-state index in [0.717, 1.165) is 17.5 Å². The van der Waals surface area contributed by atoms with Crippen LogP contribution in [0, 0.1) is 13.8 Å². The Morgan fingerprint density at radius 2 is 1.68 bits per heavy atom. The van der Waals surface area contributed by atoms with E-state index in [1.807, 2.05) is 50.2 Å². The van der Waals surface area contributed by atoms with Crippen molar-refractivity contribution in [1.82, 2.24) is 0 Å². The lowest BCUT2D eigenvalue weighted by molar-refractivity contribution is -0.149. The summed E-state index contributed by atoms with van der Waals surface area (Å²) in [6, 6.07) is 13.1. The van der Waals surface area contributed by atoms with Gasteiger partial charge in [0.2, 0.25) is 0 Å². The smallest absolute Gasteiger partial charge is 0.344 e. The molecule has 0 aliphatic heterocycles. The zero-order valence-electron chi connectivity index (χ0n) is 14.8. The van der Waals surface area contributed by atoms with Crippen LogP contribution in [0.1, 0.15) is 23.6 Å². The number of hydrogen-bond acceptors (Lipinski definition) is 4. The molecule has 0 aromatic heterocycles. The molecule has 0 heterocycles. The maximum absolute atomic E-state index is 11.8. The van der Waals surface area contributed by atoms with Gasteiger partial charge in [0, 0.05) is 5.69 Å². The van der Waals surface area contributed by atoms with Gasteiger partial charge >= 0.3 is 5.97 Å². The molecule has 0 fully saturated rings. The van der Waals surface area contributed by atoms with Gasteiger partial charge in [-0.2, -0.15) is 0 Å². The Kier molecular flexibility index (Phi) is 6.57. The summed E-state index contributed by atoms with van der Waals surface area (Å²) in [5.41, 5.74) is 4.09. The first-order valence-electron chi connectivity index (χ1n) is 8.22. The minimum Gasteiger partial charge on any atom is -0.482 e. The minimum atomic E-state index is -0.588. The van der Waals surface area contributed by atoms with Crippen molar-refractivity contribution in [3.63, 3.8) is 0 Å². The third kappa shape index (κ3) is 5.95. The Balaban J connectivity index is 1.73. The Morgan fingerprint density at radius 1 is 0.960 bits per heavy atom. The number of benzene rings is 2. The summed E-state index contributed by atoms with van der Waals surface area (Å²) in [6.45, 7) is 5.46. The van der Waals surface area contributed by atoms with Crippen molar-refractivity contribution in [3.8, 4) is 5.75 Å². The highest BCUT2D eigenvalue weighted by molar-refractivity contribution is 5.92. The van der Waals surface area contributed by atoms with Crippen molar-refractivity contribution in [2.24, 2.45) is 0 Å². The van der Waals surface area contributed by atoms with E-state index in [1.54, 1.807) is 6.07 Å². The number of ether oxygens (including phenoxy) is 2. The second-order valence-corrected chi connectivity index (χ2v) is 5.79. The summed E-state index contributed by atoms with van der Waals surface area (Å²) in [4.78, 5) is 23.5. The van der Waals surface area contributed by atoms with Gasteiger partial charge in [0.1, 0.15) is 5.75 Å². The Morgan fingerprint density at radius 3 is 2.32 bits per heavy atom. The maximum Gasteiger partial charge on any atom is 0.344 e. The molecule has 25 heavy (non-hydrogen) atoms. The molecule has 0 aliphatic rings. The zero-order valence-corrected chi connectivity index (χ0v) is 14.8. The molecule has 2 aromatic carbocycles. The quantitative estimate of drug-likeness (QED) is 0.784. The predicted molar refractivity (Wildman–Crippen MR) is 96.8 cm³/mol. The first kappa shape index (κ1) is 18.5. The van der Waals surface area contributed by atoms with Crippen LogP contribution < -0.4 is 10.1 Å². The van der Waals surface area contributed by atoms with E-state index in [2.05, 4.69) is 12.2 Å². The lowest BCUT2D eigenvalue weighted by Gasteiger charge is -2.09. The van der Waals surface area contributed by atoms with E-state index >= 15 is 0 Å². The number of nitrogens with one attached hydrogen (secondary N) is 1. The van der Waals surface area contributed by atoms with Gasteiger partial charge in [-0.25, -0.2) is 4.79 Å². The number of hydrogen-bond donors (Lipinski definition) is 1. The van der Waals surface area contributed by atoms with Crippen LogP contribution >= 0.6 is 0 Å². The summed E-state index contributed by atoms with van der Waals surface area (Å²) in [5, 5.41) is 2.68. The molecule has 0 saturated heterocycles. The number of rotatable bonds is 7. The predicted octanol–water partition coefficient (Wildman–Crippen LogP) is 3.43. The van der Waals surface area contributed by atoms with Crippen LogP contribution in [-0.2, 0) is 20.7 Å². The van der Waals surface area contributed by atoms with E-state index in [-0.39, 0.29) is 19.1 Å². The molecule has 0 atom stereocenters. The zero-order chi connectivity index (χ0) is 18.2. The molecule has 5 heteroatoms. The molecule has 5 nitrogen and oxygen atoms in total. The third-order valence-electron chi connectivity index (χ3n) is 3.85. The Hall–Kier alpha value is -2.82. The summed E-state index contributed by atoms with van der Waals surface area (Å²) >= 11 is 0. The summed E-state index contributed by atoms with van der Waals surface area (Å²) in [6.07, 6.45) is 0.937. The SMILES string of the molecule is CCc1ccc(NC(=O)COC(=O)COc2ccc(C)c(C)c2)cc1. The average Bonchev–Trinajstić information content (AvgIpc) is 2.61. The largest absolute Gasteiger partial charge is 0.482 e. The fourth-order valence-corrected chi connectivity index (χ4v) is 2.15. The van der Waals surface area contributed by atoms with E-state index < -0.39 is 5.97 Å². The monoisotopic (exact) mass is 341 g/mol. The summed E-state index contributed by atoms with van der Waals surface area (Å²) in [5.74, 6) is -0.376. The topological polar surface area (TPSA) is 64.6 Å². The van der Waals surface area contributed by atoms with Crippen LogP contribution in [-0.4, -0.2) is 25.1 Å². The highest BCUT2D eigenvalue weighted by atomic mass is 16.6. The molecule has 0 bridgehead atoms. The number of carbonyl (C=O) groups is 2. The van der Waals surface area contributed by atoms with Gasteiger partial charge in [-0.1, -0.05) is 25.1 Å². The third-order valence-corrected chi connectivity index (χ3v) is 3.85. The second kappa shape index (κ2) is 8.87. The van der Waals surface area contributed by atoms with Crippen LogP contribution in [0.4, 0.5) is 5.69 Å². The van der Waals surface area contributed by atoms with Gasteiger partial charge < -0.3 is 14.8 Å². The number of carbonyl (C=O) groups excluding carboxylic acids is 2. The van der Waals surface area contributed by atoms with Crippen LogP contribution in [0.25, 0.3) is 0 Å². The van der Waals surface area contributed by atoms with Gasteiger partial charge in [0.25, 0.3) is 5.91 Å². The number of amides is 1. The van der Waals surface area contributed by atoms with E-state index in [4.69, 9.17) is 9.47 Å². The number of esters is 1. The molecule has 0 radical (unpaired) electrons. The van der Waals surface area contributed by atoms with Crippen LogP contribution in [0.15, 0.2) is 42.5 Å². The molecule has 0 saturated carbocycles. The van der Waals surface area contributed by atoms with Crippen molar-refractivity contribution in [3.05, 3.63) is 59.2 Å². The molecule has 1 amide bonds. The summed E-state index contributed by atoms with van der Waals surface area (Å²) in [7, 11) is 0. The van der Waals surface area contributed by atoms with Crippen molar-refractivity contribution in [2.45, 2.75) is 27.2 Å².